The van der Waals surface area contributed by atoms with E-state index in [2.05, 4.69) is 21.2 Å². The Morgan fingerprint density at radius 3 is 2.63 bits per heavy atom. The van der Waals surface area contributed by atoms with Crippen LogP contribution in [0.3, 0.4) is 0 Å². The molecule has 5 heteroatoms. The van der Waals surface area contributed by atoms with Crippen molar-refractivity contribution in [1.29, 1.82) is 0 Å². The van der Waals surface area contributed by atoms with Gasteiger partial charge in [-0.2, -0.15) is 0 Å². The number of nitrogens with zero attached hydrogens (tertiary/aromatic N) is 1. The molecule has 2 fully saturated rings. The van der Waals surface area contributed by atoms with Crippen LogP contribution in [0, 0.1) is 11.6 Å². The highest BCUT2D eigenvalue weighted by Crippen LogP contribution is 2.29. The number of hydrogen-bond donors (Lipinski definition) is 1. The third-order valence-corrected chi connectivity index (χ3v) is 4.41. The molecule has 1 N–H and O–H groups in total. The number of rotatable bonds is 3. The Bertz CT molecular complexity index is 477. The van der Waals surface area contributed by atoms with Gasteiger partial charge in [0.25, 0.3) is 0 Å². The fourth-order valence-corrected chi connectivity index (χ4v) is 2.99. The minimum absolute atomic E-state index is 0.179. The molecule has 1 heterocycles. The van der Waals surface area contributed by atoms with E-state index in [1.54, 1.807) is 0 Å². The molecule has 0 spiro atoms. The summed E-state index contributed by atoms with van der Waals surface area (Å²) in [5, 5.41) is 3.57. The highest BCUT2D eigenvalue weighted by Gasteiger charge is 2.28. The van der Waals surface area contributed by atoms with Crippen LogP contribution in [-0.2, 0) is 0 Å². The molecular formula is C14H17BrF2N2. The second kappa shape index (κ2) is 5.37. The summed E-state index contributed by atoms with van der Waals surface area (Å²) < 4.78 is 27.7. The second-order valence-corrected chi connectivity index (χ2v) is 6.30. The van der Waals surface area contributed by atoms with E-state index in [1.165, 1.54) is 25.0 Å². The molecule has 0 radical (unpaired) electrons. The summed E-state index contributed by atoms with van der Waals surface area (Å²) in [7, 11) is 0. The molecule has 1 saturated carbocycles. The molecular weight excluding hydrogens is 314 g/mol. The third kappa shape index (κ3) is 3.08. The predicted molar refractivity (Wildman–Crippen MR) is 75.5 cm³/mol. The quantitative estimate of drug-likeness (QED) is 0.854. The Morgan fingerprint density at radius 2 is 1.89 bits per heavy atom. The zero-order valence-corrected chi connectivity index (χ0v) is 12.2. The van der Waals surface area contributed by atoms with Crippen LogP contribution < -0.4 is 10.2 Å². The first-order valence-electron chi connectivity index (χ1n) is 6.79. The number of piperidine rings is 1. The van der Waals surface area contributed by atoms with Gasteiger partial charge in [0.05, 0.1) is 10.2 Å². The fourth-order valence-electron chi connectivity index (χ4n) is 2.67. The number of nitrogens with one attached hydrogen (secondary N) is 1. The van der Waals surface area contributed by atoms with E-state index in [0.29, 0.717) is 17.8 Å². The summed E-state index contributed by atoms with van der Waals surface area (Å²) in [5.41, 5.74) is 0.378. The third-order valence-electron chi connectivity index (χ3n) is 3.80. The molecule has 19 heavy (non-hydrogen) atoms. The molecule has 1 aromatic rings. The maximum Gasteiger partial charge on any atom is 0.147 e. The number of hydrogen-bond acceptors (Lipinski definition) is 2. The molecule has 1 aliphatic heterocycles. The summed E-state index contributed by atoms with van der Waals surface area (Å²) in [6.45, 7) is 1.55. The summed E-state index contributed by atoms with van der Waals surface area (Å²) in [6.07, 6.45) is 4.63. The van der Waals surface area contributed by atoms with Gasteiger partial charge >= 0.3 is 0 Å². The van der Waals surface area contributed by atoms with Crippen molar-refractivity contribution >= 4 is 21.6 Å². The molecule has 3 rings (SSSR count). The van der Waals surface area contributed by atoms with Crippen molar-refractivity contribution < 1.29 is 8.78 Å². The lowest BCUT2D eigenvalue weighted by molar-refractivity contribution is 0.417. The molecule has 2 aliphatic rings. The van der Waals surface area contributed by atoms with E-state index >= 15 is 0 Å². The van der Waals surface area contributed by atoms with Crippen molar-refractivity contribution in [3.63, 3.8) is 0 Å². The van der Waals surface area contributed by atoms with Gasteiger partial charge in [-0.3, -0.25) is 0 Å². The molecule has 1 aliphatic carbocycles. The Kier molecular flexibility index (Phi) is 3.76. The van der Waals surface area contributed by atoms with E-state index in [9.17, 15) is 8.78 Å². The van der Waals surface area contributed by atoms with Gasteiger partial charge in [0, 0.05) is 31.2 Å². The normalized spacial score (nSPS) is 23.7. The van der Waals surface area contributed by atoms with E-state index in [-0.39, 0.29) is 10.3 Å². The first kappa shape index (κ1) is 13.3. The van der Waals surface area contributed by atoms with Gasteiger partial charge in [-0.05, 0) is 47.7 Å². The Hall–Kier alpha value is -0.680. The van der Waals surface area contributed by atoms with Crippen LogP contribution in [0.5, 0.6) is 0 Å². The standard InChI is InChI=1S/C14H17BrF2N2/c15-11-6-13(17)14(7-12(11)16)19-5-1-2-10(8-19)18-9-3-4-9/h6-7,9-10,18H,1-5,8H2. The zero-order valence-electron chi connectivity index (χ0n) is 10.6. The van der Waals surface area contributed by atoms with Crippen LogP contribution in [0.4, 0.5) is 14.5 Å². The van der Waals surface area contributed by atoms with Crippen LogP contribution in [0.1, 0.15) is 25.7 Å². The Labute approximate surface area is 120 Å². The topological polar surface area (TPSA) is 15.3 Å². The van der Waals surface area contributed by atoms with Crippen molar-refractivity contribution in [3.05, 3.63) is 28.2 Å². The van der Waals surface area contributed by atoms with Gasteiger partial charge in [0.2, 0.25) is 0 Å². The molecule has 104 valence electrons. The molecule has 1 saturated heterocycles. The average molecular weight is 331 g/mol. The average Bonchev–Trinajstić information content (AvgIpc) is 3.18. The summed E-state index contributed by atoms with van der Waals surface area (Å²) in [5.74, 6) is -0.769. The van der Waals surface area contributed by atoms with Gasteiger partial charge < -0.3 is 10.2 Å². The van der Waals surface area contributed by atoms with Crippen LogP contribution in [-0.4, -0.2) is 25.2 Å². The molecule has 0 amide bonds. The highest BCUT2D eigenvalue weighted by atomic mass is 79.9. The molecule has 0 bridgehead atoms. The van der Waals surface area contributed by atoms with Crippen LogP contribution in [0.25, 0.3) is 0 Å². The van der Waals surface area contributed by atoms with Crippen molar-refractivity contribution in [2.24, 2.45) is 0 Å². The summed E-state index contributed by atoms with van der Waals surface area (Å²) in [4.78, 5) is 1.95. The van der Waals surface area contributed by atoms with Gasteiger partial charge in [0.15, 0.2) is 0 Å². The minimum Gasteiger partial charge on any atom is -0.368 e. The van der Waals surface area contributed by atoms with Crippen LogP contribution >= 0.6 is 15.9 Å². The highest BCUT2D eigenvalue weighted by molar-refractivity contribution is 9.10. The smallest absolute Gasteiger partial charge is 0.147 e. The fraction of sp³-hybridized carbons (Fsp3) is 0.571. The first-order chi connectivity index (χ1) is 9.13. The molecule has 1 aromatic carbocycles. The Balaban J connectivity index is 1.75. The van der Waals surface area contributed by atoms with E-state index < -0.39 is 5.82 Å². The number of benzene rings is 1. The van der Waals surface area contributed by atoms with E-state index in [1.807, 2.05) is 4.90 Å². The van der Waals surface area contributed by atoms with Crippen molar-refractivity contribution in [3.8, 4) is 0 Å². The maximum atomic E-state index is 14.0. The van der Waals surface area contributed by atoms with Crippen molar-refractivity contribution in [1.82, 2.24) is 5.32 Å². The largest absolute Gasteiger partial charge is 0.368 e. The lowest BCUT2D eigenvalue weighted by Gasteiger charge is -2.35. The monoisotopic (exact) mass is 330 g/mol. The van der Waals surface area contributed by atoms with Gasteiger partial charge in [-0.15, -0.1) is 0 Å². The van der Waals surface area contributed by atoms with Gasteiger partial charge in [-0.1, -0.05) is 0 Å². The zero-order chi connectivity index (χ0) is 13.4. The van der Waals surface area contributed by atoms with E-state index in [0.717, 1.165) is 25.9 Å². The van der Waals surface area contributed by atoms with Crippen LogP contribution in [0.15, 0.2) is 16.6 Å². The summed E-state index contributed by atoms with van der Waals surface area (Å²) >= 11 is 3.01. The van der Waals surface area contributed by atoms with Crippen molar-refractivity contribution in [2.75, 3.05) is 18.0 Å². The van der Waals surface area contributed by atoms with E-state index in [4.69, 9.17) is 0 Å². The number of anilines is 1. The second-order valence-electron chi connectivity index (χ2n) is 5.44. The van der Waals surface area contributed by atoms with Crippen molar-refractivity contribution in [2.45, 2.75) is 37.8 Å². The molecule has 1 atom stereocenters. The first-order valence-corrected chi connectivity index (χ1v) is 7.58. The SMILES string of the molecule is Fc1cc(N2CCCC(NC3CC3)C2)c(F)cc1Br. The molecule has 1 unspecified atom stereocenters. The molecule has 0 aromatic heterocycles. The van der Waals surface area contributed by atoms with Gasteiger partial charge in [-0.25, -0.2) is 8.78 Å². The lowest BCUT2D eigenvalue weighted by atomic mass is 10.0. The van der Waals surface area contributed by atoms with Gasteiger partial charge in [0.1, 0.15) is 11.6 Å². The predicted octanol–water partition coefficient (Wildman–Crippen LogP) is 3.45. The lowest BCUT2D eigenvalue weighted by Crippen LogP contribution is -2.46. The Morgan fingerprint density at radius 1 is 1.11 bits per heavy atom. The number of halogens is 3. The maximum absolute atomic E-state index is 14.0. The molecule has 2 nitrogen and oxygen atoms in total. The summed E-state index contributed by atoms with van der Waals surface area (Å²) in [6, 6.07) is 3.55. The van der Waals surface area contributed by atoms with Crippen LogP contribution in [0.2, 0.25) is 0 Å². The minimum atomic E-state index is -0.409.